The van der Waals surface area contributed by atoms with Crippen LogP contribution in [0.15, 0.2) is 24.3 Å². The lowest BCUT2D eigenvalue weighted by atomic mass is 10.3. The average molecular weight is 326 g/mol. The molecular weight excluding hydrogens is 307 g/mol. The number of imide groups is 1. The molecule has 0 aliphatic heterocycles. The van der Waals surface area contributed by atoms with E-state index in [2.05, 4.69) is 10.1 Å². The second-order valence-electron chi connectivity index (χ2n) is 4.73. The van der Waals surface area contributed by atoms with Gasteiger partial charge in [-0.1, -0.05) is 6.92 Å². The second kappa shape index (κ2) is 9.39. The molecule has 1 aromatic carbocycles. The van der Waals surface area contributed by atoms with Crippen molar-refractivity contribution in [1.29, 1.82) is 0 Å². The first-order valence-electron chi connectivity index (χ1n) is 7.05. The number of benzene rings is 1. The molecule has 8 heteroatoms. The van der Waals surface area contributed by atoms with E-state index in [-0.39, 0.29) is 6.04 Å². The number of carbonyl (C=O) groups is 3. The molecule has 1 aromatic rings. The summed E-state index contributed by atoms with van der Waals surface area (Å²) in [5.74, 6) is -1.67. The van der Waals surface area contributed by atoms with E-state index in [1.165, 1.54) is 24.3 Å². The minimum absolute atomic E-state index is 0.0746. The fourth-order valence-corrected chi connectivity index (χ4v) is 1.39. The molecule has 0 spiro atoms. The zero-order valence-electron chi connectivity index (χ0n) is 12.9. The van der Waals surface area contributed by atoms with Crippen LogP contribution in [0.2, 0.25) is 0 Å². The van der Waals surface area contributed by atoms with E-state index in [0.29, 0.717) is 5.75 Å². The first kappa shape index (κ1) is 18.4. The molecule has 0 saturated heterocycles. The predicted octanol–water partition coefficient (Wildman–Crippen LogP) is 1.37. The first-order valence-corrected chi connectivity index (χ1v) is 7.05. The Morgan fingerprint density at radius 1 is 1.17 bits per heavy atom. The number of hydrogen-bond acceptors (Lipinski definition) is 5. The van der Waals surface area contributed by atoms with Gasteiger partial charge in [0.15, 0.2) is 13.2 Å². The summed E-state index contributed by atoms with van der Waals surface area (Å²) in [4.78, 5) is 34.2. The van der Waals surface area contributed by atoms with Gasteiger partial charge in [0.2, 0.25) is 0 Å². The molecule has 0 heterocycles. The third-order valence-corrected chi connectivity index (χ3v) is 2.78. The summed E-state index contributed by atoms with van der Waals surface area (Å²) in [5.41, 5.74) is 0. The number of rotatable bonds is 7. The number of amides is 3. The van der Waals surface area contributed by atoms with Gasteiger partial charge in [0, 0.05) is 6.04 Å². The molecule has 0 fully saturated rings. The number of ether oxygens (including phenoxy) is 2. The van der Waals surface area contributed by atoms with Gasteiger partial charge in [0.25, 0.3) is 5.91 Å². The lowest BCUT2D eigenvalue weighted by Crippen LogP contribution is -2.44. The lowest BCUT2D eigenvalue weighted by molar-refractivity contribution is -0.150. The maximum Gasteiger partial charge on any atom is 0.344 e. The third kappa shape index (κ3) is 7.79. The van der Waals surface area contributed by atoms with E-state index in [9.17, 15) is 18.8 Å². The fourth-order valence-electron chi connectivity index (χ4n) is 1.39. The van der Waals surface area contributed by atoms with Gasteiger partial charge in [0.05, 0.1) is 0 Å². The minimum atomic E-state index is -0.785. The molecule has 0 aliphatic rings. The maximum atomic E-state index is 12.7. The van der Waals surface area contributed by atoms with Gasteiger partial charge in [-0.15, -0.1) is 0 Å². The molecule has 3 amide bonds. The predicted molar refractivity (Wildman–Crippen MR) is 79.3 cm³/mol. The Labute approximate surface area is 133 Å². The molecule has 0 bridgehead atoms. The lowest BCUT2D eigenvalue weighted by Gasteiger charge is -2.11. The van der Waals surface area contributed by atoms with Crippen LogP contribution in [0.5, 0.6) is 5.75 Å². The summed E-state index contributed by atoms with van der Waals surface area (Å²) < 4.78 is 22.4. The van der Waals surface area contributed by atoms with Gasteiger partial charge in [-0.25, -0.2) is 14.0 Å². The Balaban J connectivity index is 2.23. The van der Waals surface area contributed by atoms with Crippen molar-refractivity contribution in [2.75, 3.05) is 13.2 Å². The number of urea groups is 1. The zero-order valence-corrected chi connectivity index (χ0v) is 12.9. The average Bonchev–Trinajstić information content (AvgIpc) is 2.52. The van der Waals surface area contributed by atoms with Crippen LogP contribution < -0.4 is 15.4 Å². The quantitative estimate of drug-likeness (QED) is 0.738. The van der Waals surface area contributed by atoms with Crippen LogP contribution in [0.25, 0.3) is 0 Å². The SMILES string of the molecule is CC[C@@H](C)NC(=O)NC(=O)COC(=O)COc1ccc(F)cc1. The highest BCUT2D eigenvalue weighted by Crippen LogP contribution is 2.10. The summed E-state index contributed by atoms with van der Waals surface area (Å²) in [6.07, 6.45) is 0.720. The molecule has 0 radical (unpaired) electrons. The minimum Gasteiger partial charge on any atom is -0.482 e. The maximum absolute atomic E-state index is 12.7. The molecule has 7 nitrogen and oxygen atoms in total. The molecule has 1 atom stereocenters. The van der Waals surface area contributed by atoms with Gasteiger partial charge >= 0.3 is 12.0 Å². The topological polar surface area (TPSA) is 93.7 Å². The van der Waals surface area contributed by atoms with Crippen molar-refractivity contribution >= 4 is 17.9 Å². The van der Waals surface area contributed by atoms with Gasteiger partial charge in [-0.05, 0) is 37.6 Å². The van der Waals surface area contributed by atoms with Crippen molar-refractivity contribution in [2.24, 2.45) is 0 Å². The smallest absolute Gasteiger partial charge is 0.344 e. The van der Waals surface area contributed by atoms with Crippen LogP contribution in [-0.4, -0.2) is 37.2 Å². The van der Waals surface area contributed by atoms with Crippen LogP contribution in [0.1, 0.15) is 20.3 Å². The summed E-state index contributed by atoms with van der Waals surface area (Å²) in [7, 11) is 0. The number of hydrogen-bond donors (Lipinski definition) is 2. The van der Waals surface area contributed by atoms with Gasteiger partial charge in [-0.3, -0.25) is 10.1 Å². The third-order valence-electron chi connectivity index (χ3n) is 2.78. The summed E-state index contributed by atoms with van der Waals surface area (Å²) in [6.45, 7) is 2.64. The van der Waals surface area contributed by atoms with Crippen LogP contribution in [-0.2, 0) is 14.3 Å². The largest absolute Gasteiger partial charge is 0.482 e. The van der Waals surface area contributed by atoms with E-state index in [4.69, 9.17) is 4.74 Å². The van der Waals surface area contributed by atoms with Gasteiger partial charge < -0.3 is 14.8 Å². The Hall–Kier alpha value is -2.64. The summed E-state index contributed by atoms with van der Waals surface area (Å²) in [6, 6.07) is 4.36. The van der Waals surface area contributed by atoms with Crippen molar-refractivity contribution in [3.63, 3.8) is 0 Å². The molecule has 0 aromatic heterocycles. The van der Waals surface area contributed by atoms with E-state index < -0.39 is 36.9 Å². The van der Waals surface area contributed by atoms with Crippen molar-refractivity contribution in [3.05, 3.63) is 30.1 Å². The standard InChI is InChI=1S/C15H19FN2O5/c1-3-10(2)17-15(21)18-13(19)8-23-14(20)9-22-12-6-4-11(16)5-7-12/h4-7,10H,3,8-9H2,1-2H3,(H2,17,18,19,21)/t10-/m1/s1. The number of halogens is 1. The van der Waals surface area contributed by atoms with E-state index >= 15 is 0 Å². The van der Waals surface area contributed by atoms with E-state index in [1.807, 2.05) is 12.2 Å². The molecule has 2 N–H and O–H groups in total. The molecule has 1 rings (SSSR count). The number of nitrogens with one attached hydrogen (secondary N) is 2. The monoisotopic (exact) mass is 326 g/mol. The van der Waals surface area contributed by atoms with Crippen molar-refractivity contribution in [3.8, 4) is 5.75 Å². The van der Waals surface area contributed by atoms with E-state index in [0.717, 1.165) is 6.42 Å². The highest BCUT2D eigenvalue weighted by atomic mass is 19.1. The molecule has 126 valence electrons. The Morgan fingerprint density at radius 2 is 1.83 bits per heavy atom. The van der Waals surface area contributed by atoms with E-state index in [1.54, 1.807) is 6.92 Å². The molecule has 0 saturated carbocycles. The summed E-state index contributed by atoms with van der Waals surface area (Å²) in [5, 5.41) is 4.56. The Kier molecular flexibility index (Phi) is 7.52. The molecular formula is C15H19FN2O5. The van der Waals surface area contributed by atoms with Gasteiger partial charge in [-0.2, -0.15) is 0 Å². The molecule has 0 unspecified atom stereocenters. The normalized spacial score (nSPS) is 11.3. The van der Waals surface area contributed by atoms with Crippen LogP contribution in [0.4, 0.5) is 9.18 Å². The van der Waals surface area contributed by atoms with Crippen molar-refractivity contribution < 1.29 is 28.2 Å². The molecule has 23 heavy (non-hydrogen) atoms. The van der Waals surface area contributed by atoms with Crippen LogP contribution in [0.3, 0.4) is 0 Å². The first-order chi connectivity index (χ1) is 10.9. The number of esters is 1. The van der Waals surface area contributed by atoms with Gasteiger partial charge in [0.1, 0.15) is 11.6 Å². The summed E-state index contributed by atoms with van der Waals surface area (Å²) >= 11 is 0. The van der Waals surface area contributed by atoms with Crippen molar-refractivity contribution in [1.82, 2.24) is 10.6 Å². The van der Waals surface area contributed by atoms with Crippen molar-refractivity contribution in [2.45, 2.75) is 26.3 Å². The van der Waals surface area contributed by atoms with Crippen LogP contribution in [0, 0.1) is 5.82 Å². The number of carbonyl (C=O) groups excluding carboxylic acids is 3. The zero-order chi connectivity index (χ0) is 17.2. The highest BCUT2D eigenvalue weighted by molar-refractivity contribution is 5.95. The Bertz CT molecular complexity index is 547. The Morgan fingerprint density at radius 3 is 2.43 bits per heavy atom. The second-order valence-corrected chi connectivity index (χ2v) is 4.73. The van der Waals surface area contributed by atoms with Crippen LogP contribution >= 0.6 is 0 Å². The fraction of sp³-hybridized carbons (Fsp3) is 0.400. The molecule has 0 aliphatic carbocycles. The highest BCUT2D eigenvalue weighted by Gasteiger charge is 2.12.